The van der Waals surface area contributed by atoms with Crippen molar-refractivity contribution in [1.82, 2.24) is 9.71 Å². The molecule has 6 nitrogen and oxygen atoms in total. The summed E-state index contributed by atoms with van der Waals surface area (Å²) in [5.41, 5.74) is -0.385. The average Bonchev–Trinajstić information content (AvgIpc) is 2.82. The Morgan fingerprint density at radius 1 is 1.35 bits per heavy atom. The van der Waals surface area contributed by atoms with Gasteiger partial charge in [-0.1, -0.05) is 0 Å². The second-order valence-electron chi connectivity index (χ2n) is 8.03. The Hall–Kier alpha value is -0.920. The number of sulfonamides is 1. The molecule has 7 heteroatoms. The summed E-state index contributed by atoms with van der Waals surface area (Å²) in [6.45, 7) is 2.01. The molecule has 0 spiro atoms. The normalized spacial score (nSPS) is 39.0. The van der Waals surface area contributed by atoms with Crippen LogP contribution >= 0.6 is 0 Å². The molecule has 5 rings (SSSR count). The summed E-state index contributed by atoms with van der Waals surface area (Å²) in [5, 5.41) is 10.6. The van der Waals surface area contributed by atoms with Crippen LogP contribution in [0, 0.1) is 24.2 Å². The van der Waals surface area contributed by atoms with Crippen LogP contribution in [-0.4, -0.2) is 30.7 Å². The molecule has 0 saturated heterocycles. The summed E-state index contributed by atoms with van der Waals surface area (Å²) in [6, 6.07) is 0. The molecule has 4 aliphatic carbocycles. The van der Waals surface area contributed by atoms with Gasteiger partial charge in [-0.05, 0) is 62.2 Å². The van der Waals surface area contributed by atoms with Crippen LogP contribution in [0.15, 0.2) is 15.7 Å². The lowest BCUT2D eigenvalue weighted by molar-refractivity contribution is -0.165. The van der Waals surface area contributed by atoms with Crippen molar-refractivity contribution in [2.24, 2.45) is 17.3 Å². The van der Waals surface area contributed by atoms with Gasteiger partial charge < -0.3 is 9.52 Å². The van der Waals surface area contributed by atoms with Crippen molar-refractivity contribution >= 4 is 10.0 Å². The van der Waals surface area contributed by atoms with Gasteiger partial charge >= 0.3 is 0 Å². The molecule has 4 aliphatic rings. The number of rotatable bonds is 5. The smallest absolute Gasteiger partial charge is 0.275 e. The third-order valence-corrected chi connectivity index (χ3v) is 7.27. The maximum Gasteiger partial charge on any atom is 0.275 e. The SMILES string of the molecule is Cc1ncc(S(=O)(=O)NCCC23CC4CC(CC(O)(C4)C2)C3)o1. The zero-order valence-corrected chi connectivity index (χ0v) is 14.2. The number of aliphatic hydroxyl groups is 1. The monoisotopic (exact) mass is 340 g/mol. The van der Waals surface area contributed by atoms with E-state index in [9.17, 15) is 13.5 Å². The van der Waals surface area contributed by atoms with Crippen LogP contribution in [0.4, 0.5) is 0 Å². The lowest BCUT2D eigenvalue weighted by Crippen LogP contribution is -2.56. The summed E-state index contributed by atoms with van der Waals surface area (Å²) in [7, 11) is -3.63. The molecule has 4 saturated carbocycles. The van der Waals surface area contributed by atoms with Crippen molar-refractivity contribution in [2.45, 2.75) is 62.6 Å². The van der Waals surface area contributed by atoms with Gasteiger partial charge in [0.2, 0.25) is 0 Å². The third-order valence-electron chi connectivity index (χ3n) is 5.96. The van der Waals surface area contributed by atoms with E-state index in [0.717, 1.165) is 38.5 Å². The molecule has 0 aliphatic heterocycles. The highest BCUT2D eigenvalue weighted by Gasteiger charge is 2.56. The highest BCUT2D eigenvalue weighted by atomic mass is 32.2. The molecule has 0 radical (unpaired) electrons. The van der Waals surface area contributed by atoms with E-state index >= 15 is 0 Å². The number of aryl methyl sites for hydroxylation is 1. The summed E-state index contributed by atoms with van der Waals surface area (Å²) in [6.07, 6.45) is 8.25. The van der Waals surface area contributed by atoms with E-state index in [1.54, 1.807) is 6.92 Å². The molecular weight excluding hydrogens is 316 g/mol. The molecule has 0 amide bonds. The van der Waals surface area contributed by atoms with Crippen molar-refractivity contribution in [2.75, 3.05) is 6.54 Å². The first-order valence-electron chi connectivity index (χ1n) is 8.42. The van der Waals surface area contributed by atoms with Gasteiger partial charge in [0.15, 0.2) is 5.89 Å². The molecule has 128 valence electrons. The standard InChI is InChI=1S/C16H24N2O4S/c1-11-17-9-14(22-11)23(20,21)18-3-2-15-5-12-4-13(6-15)8-16(19,7-12)10-15/h9,12-13,18-19H,2-8,10H2,1H3. The van der Waals surface area contributed by atoms with E-state index in [1.165, 1.54) is 12.6 Å². The first kappa shape index (κ1) is 15.6. The molecule has 23 heavy (non-hydrogen) atoms. The van der Waals surface area contributed by atoms with Crippen LogP contribution in [0.5, 0.6) is 0 Å². The van der Waals surface area contributed by atoms with Gasteiger partial charge in [-0.15, -0.1) is 0 Å². The van der Waals surface area contributed by atoms with E-state index in [4.69, 9.17) is 4.42 Å². The lowest BCUT2D eigenvalue weighted by Gasteiger charge is -2.60. The Bertz CT molecular complexity index is 697. The number of oxazole rings is 1. The molecule has 2 atom stereocenters. The molecule has 1 heterocycles. The van der Waals surface area contributed by atoms with Crippen LogP contribution < -0.4 is 4.72 Å². The van der Waals surface area contributed by atoms with Gasteiger partial charge in [-0.2, -0.15) is 0 Å². The molecular formula is C16H24N2O4S. The van der Waals surface area contributed by atoms with Gasteiger partial charge in [-0.3, -0.25) is 0 Å². The Morgan fingerprint density at radius 3 is 2.61 bits per heavy atom. The first-order valence-corrected chi connectivity index (χ1v) is 9.90. The zero-order chi connectivity index (χ0) is 16.3. The Balaban J connectivity index is 1.42. The molecule has 1 aromatic heterocycles. The fourth-order valence-corrected chi connectivity index (χ4v) is 6.62. The van der Waals surface area contributed by atoms with E-state index in [0.29, 0.717) is 24.3 Å². The second-order valence-corrected chi connectivity index (χ2v) is 9.73. The predicted octanol–water partition coefficient (Wildman–Crippen LogP) is 1.98. The van der Waals surface area contributed by atoms with Crippen LogP contribution in [0.25, 0.3) is 0 Å². The van der Waals surface area contributed by atoms with Crippen molar-refractivity contribution in [3.8, 4) is 0 Å². The lowest BCUT2D eigenvalue weighted by atomic mass is 9.47. The van der Waals surface area contributed by atoms with Gasteiger partial charge in [0.05, 0.1) is 11.8 Å². The van der Waals surface area contributed by atoms with Crippen molar-refractivity contribution in [3.63, 3.8) is 0 Å². The van der Waals surface area contributed by atoms with E-state index in [-0.39, 0.29) is 10.5 Å². The van der Waals surface area contributed by atoms with Gasteiger partial charge in [0.1, 0.15) is 0 Å². The molecule has 2 unspecified atom stereocenters. The summed E-state index contributed by atoms with van der Waals surface area (Å²) >= 11 is 0. The van der Waals surface area contributed by atoms with Crippen LogP contribution in [-0.2, 0) is 10.0 Å². The molecule has 0 aromatic carbocycles. The van der Waals surface area contributed by atoms with Gasteiger partial charge in [0, 0.05) is 13.5 Å². The van der Waals surface area contributed by atoms with Crippen LogP contribution in [0.1, 0.15) is 50.8 Å². The Kier molecular flexibility index (Phi) is 3.42. The number of hydrogen-bond donors (Lipinski definition) is 2. The number of aromatic nitrogens is 1. The van der Waals surface area contributed by atoms with Gasteiger partial charge in [0.25, 0.3) is 15.1 Å². The van der Waals surface area contributed by atoms with E-state index in [1.807, 2.05) is 0 Å². The fraction of sp³-hybridized carbons (Fsp3) is 0.812. The van der Waals surface area contributed by atoms with Crippen molar-refractivity contribution in [1.29, 1.82) is 0 Å². The van der Waals surface area contributed by atoms with Gasteiger partial charge in [-0.25, -0.2) is 18.1 Å². The summed E-state index contributed by atoms with van der Waals surface area (Å²) in [5.74, 6) is 1.58. The number of nitrogens with zero attached hydrogens (tertiary/aromatic N) is 1. The molecule has 4 fully saturated rings. The predicted molar refractivity (Wildman–Crippen MR) is 83.1 cm³/mol. The average molecular weight is 340 g/mol. The maximum atomic E-state index is 12.2. The minimum Gasteiger partial charge on any atom is -0.428 e. The fourth-order valence-electron chi connectivity index (χ4n) is 5.68. The maximum absolute atomic E-state index is 12.2. The molecule has 1 aromatic rings. The first-order chi connectivity index (χ1) is 10.8. The third kappa shape index (κ3) is 2.83. The van der Waals surface area contributed by atoms with Crippen LogP contribution in [0.2, 0.25) is 0 Å². The quantitative estimate of drug-likeness (QED) is 0.855. The van der Waals surface area contributed by atoms with E-state index in [2.05, 4.69) is 9.71 Å². The Morgan fingerprint density at radius 2 is 2.04 bits per heavy atom. The molecule has 2 N–H and O–H groups in total. The van der Waals surface area contributed by atoms with E-state index < -0.39 is 15.6 Å². The second kappa shape index (κ2) is 5.04. The Labute approximate surface area is 136 Å². The minimum atomic E-state index is -3.63. The van der Waals surface area contributed by atoms with Crippen molar-refractivity contribution < 1.29 is 17.9 Å². The summed E-state index contributed by atoms with van der Waals surface area (Å²) < 4.78 is 32.1. The van der Waals surface area contributed by atoms with Crippen LogP contribution in [0.3, 0.4) is 0 Å². The largest absolute Gasteiger partial charge is 0.428 e. The number of nitrogens with one attached hydrogen (secondary N) is 1. The zero-order valence-electron chi connectivity index (χ0n) is 13.4. The number of hydrogen-bond acceptors (Lipinski definition) is 5. The minimum absolute atomic E-state index is 0.110. The highest BCUT2D eigenvalue weighted by molar-refractivity contribution is 7.89. The topological polar surface area (TPSA) is 92.4 Å². The highest BCUT2D eigenvalue weighted by Crippen LogP contribution is 2.62. The summed E-state index contributed by atoms with van der Waals surface area (Å²) in [4.78, 5) is 3.84. The molecule has 4 bridgehead atoms. The van der Waals surface area contributed by atoms with Crippen molar-refractivity contribution in [3.05, 3.63) is 12.1 Å².